The molecule has 3 aromatic heterocycles. The first-order valence-electron chi connectivity index (χ1n) is 19.9. The number of hydrogen-bond donors (Lipinski definition) is 0. The van der Waals surface area contributed by atoms with Gasteiger partial charge in [-0.25, -0.2) is 0 Å². The van der Waals surface area contributed by atoms with E-state index in [1.807, 2.05) is 11.3 Å². The van der Waals surface area contributed by atoms with Crippen LogP contribution in [-0.2, 0) is 0 Å². The first kappa shape index (κ1) is 33.2. The minimum atomic E-state index is -2.87. The quantitative estimate of drug-likeness (QED) is 0.118. The van der Waals surface area contributed by atoms with Crippen molar-refractivity contribution < 1.29 is 0 Å². The molecule has 4 heteroatoms. The zero-order valence-electron chi connectivity index (χ0n) is 31.6. The molecule has 2 nitrogen and oxygen atoms in total. The molecule has 12 rings (SSSR count). The SMILES string of the molecule is c1ccc(-n2c3ccccc3c3cc([Si](c4ccccc4)(c4ccccc4)c4ccc(-n5c6ccccc6c6ccc7c8ccccc8sc7c65)cc4)ccc32)cc1. The molecule has 0 spiro atoms. The smallest absolute Gasteiger partial charge is 0.179 e. The Bertz CT molecular complexity index is 3450. The van der Waals surface area contributed by atoms with Gasteiger partial charge >= 0.3 is 0 Å². The van der Waals surface area contributed by atoms with Crippen LogP contribution in [0.1, 0.15) is 0 Å². The number of aromatic nitrogens is 2. The average Bonchev–Trinajstić information content (AvgIpc) is 3.96. The highest BCUT2D eigenvalue weighted by Crippen LogP contribution is 2.43. The van der Waals surface area contributed by atoms with Crippen LogP contribution in [0.3, 0.4) is 0 Å². The number of para-hydroxylation sites is 3. The summed E-state index contributed by atoms with van der Waals surface area (Å²) in [5.74, 6) is 0. The Kier molecular flexibility index (Phi) is 7.46. The Balaban J connectivity index is 1.13. The summed E-state index contributed by atoms with van der Waals surface area (Å²) in [5.41, 5.74) is 7.29. The Morgan fingerprint density at radius 2 is 0.793 bits per heavy atom. The van der Waals surface area contributed by atoms with E-state index in [1.165, 1.54) is 95.9 Å². The highest BCUT2D eigenvalue weighted by Gasteiger charge is 2.42. The van der Waals surface area contributed by atoms with Gasteiger partial charge in [0.25, 0.3) is 0 Å². The average molecular weight is 773 g/mol. The van der Waals surface area contributed by atoms with Crippen LogP contribution in [0.25, 0.3) is 75.2 Å². The Morgan fingerprint density at radius 1 is 0.310 bits per heavy atom. The van der Waals surface area contributed by atoms with Crippen molar-refractivity contribution in [2.75, 3.05) is 0 Å². The highest BCUT2D eigenvalue weighted by molar-refractivity contribution is 7.26. The molecular formula is C54H36N2SSi. The van der Waals surface area contributed by atoms with Crippen molar-refractivity contribution in [2.24, 2.45) is 0 Å². The van der Waals surface area contributed by atoms with Crippen LogP contribution in [0.4, 0.5) is 0 Å². The standard InChI is InChI=1S/C54H36N2SSi/c1-4-16-37(17-5-1)55-49-25-13-11-23-44(49)48-36-42(32-35-51(48)55)58(39-18-6-2-7-19-39,40-20-8-3-9-21-40)41-30-28-38(29-31-41)56-50-26-14-10-22-43(50)46-33-34-47-45-24-12-15-27-52(45)57-54(47)53(46)56/h1-36H. The van der Waals surface area contributed by atoms with Gasteiger partial charge in [0.2, 0.25) is 0 Å². The molecule has 0 radical (unpaired) electrons. The fraction of sp³-hybridized carbons (Fsp3) is 0. The van der Waals surface area contributed by atoms with E-state index in [0.717, 1.165) is 0 Å². The second-order valence-electron chi connectivity index (χ2n) is 15.2. The van der Waals surface area contributed by atoms with Crippen LogP contribution < -0.4 is 20.7 Å². The summed E-state index contributed by atoms with van der Waals surface area (Å²) >= 11 is 1.90. The predicted octanol–water partition coefficient (Wildman–Crippen LogP) is 11.6. The van der Waals surface area contributed by atoms with Gasteiger partial charge in [0, 0.05) is 48.4 Å². The largest absolute Gasteiger partial charge is 0.309 e. The third-order valence-electron chi connectivity index (χ3n) is 12.3. The maximum atomic E-state index is 2.52. The van der Waals surface area contributed by atoms with Gasteiger partial charge in [0.15, 0.2) is 8.07 Å². The van der Waals surface area contributed by atoms with Crippen LogP contribution in [0.15, 0.2) is 218 Å². The van der Waals surface area contributed by atoms with Gasteiger partial charge in [0.05, 0.1) is 26.8 Å². The summed E-state index contributed by atoms with van der Waals surface area (Å²) in [6.07, 6.45) is 0. The molecule has 0 aliphatic carbocycles. The highest BCUT2D eigenvalue weighted by atomic mass is 32.1. The molecular weight excluding hydrogens is 737 g/mol. The molecule has 0 N–H and O–H groups in total. The first-order chi connectivity index (χ1) is 28.8. The topological polar surface area (TPSA) is 9.86 Å². The number of thiophene rings is 1. The Morgan fingerprint density at radius 3 is 1.48 bits per heavy atom. The molecule has 58 heavy (non-hydrogen) atoms. The van der Waals surface area contributed by atoms with Crippen molar-refractivity contribution in [1.82, 2.24) is 9.13 Å². The van der Waals surface area contributed by atoms with E-state index < -0.39 is 8.07 Å². The van der Waals surface area contributed by atoms with Gasteiger partial charge in [0.1, 0.15) is 0 Å². The summed E-state index contributed by atoms with van der Waals surface area (Å²) < 4.78 is 7.57. The van der Waals surface area contributed by atoms with E-state index in [9.17, 15) is 0 Å². The molecule has 9 aromatic carbocycles. The third-order valence-corrected chi connectivity index (χ3v) is 18.2. The third kappa shape index (κ3) is 4.76. The second-order valence-corrected chi connectivity index (χ2v) is 20.1. The van der Waals surface area contributed by atoms with Gasteiger partial charge in [-0.2, -0.15) is 0 Å². The maximum absolute atomic E-state index is 2.87. The van der Waals surface area contributed by atoms with E-state index in [-0.39, 0.29) is 0 Å². The van der Waals surface area contributed by atoms with Crippen LogP contribution in [0.2, 0.25) is 0 Å². The molecule has 272 valence electrons. The van der Waals surface area contributed by atoms with Gasteiger partial charge in [-0.15, -0.1) is 11.3 Å². The molecule has 0 fully saturated rings. The fourth-order valence-corrected chi connectivity index (χ4v) is 15.8. The first-order valence-corrected chi connectivity index (χ1v) is 22.8. The Hall–Kier alpha value is -6.98. The number of rotatable bonds is 6. The normalized spacial score (nSPS) is 12.1. The lowest BCUT2D eigenvalue weighted by molar-refractivity contribution is 1.18. The zero-order chi connectivity index (χ0) is 38.2. The van der Waals surface area contributed by atoms with Gasteiger partial charge in [-0.3, -0.25) is 0 Å². The molecule has 0 amide bonds. The number of benzene rings is 9. The molecule has 3 heterocycles. The molecule has 0 aliphatic heterocycles. The predicted molar refractivity (Wildman–Crippen MR) is 252 cm³/mol. The van der Waals surface area contributed by atoms with Crippen LogP contribution >= 0.6 is 11.3 Å². The Labute approximate surface area is 341 Å². The van der Waals surface area contributed by atoms with Gasteiger partial charge in [-0.05, 0) is 69.3 Å². The summed E-state index contributed by atoms with van der Waals surface area (Å²) in [5, 5.41) is 13.2. The minimum Gasteiger partial charge on any atom is -0.309 e. The van der Waals surface area contributed by atoms with Crippen LogP contribution in [0, 0.1) is 0 Å². The lowest BCUT2D eigenvalue weighted by atomic mass is 10.1. The minimum absolute atomic E-state index is 1.17. The number of fused-ring (bicyclic) bond motifs is 10. The maximum Gasteiger partial charge on any atom is 0.179 e. The summed E-state index contributed by atoms with van der Waals surface area (Å²) in [6.45, 7) is 0. The van der Waals surface area contributed by atoms with Crippen molar-refractivity contribution in [3.8, 4) is 11.4 Å². The summed E-state index contributed by atoms with van der Waals surface area (Å²) in [4.78, 5) is 0. The van der Waals surface area contributed by atoms with E-state index in [2.05, 4.69) is 228 Å². The molecule has 0 bridgehead atoms. The van der Waals surface area contributed by atoms with Crippen molar-refractivity contribution in [1.29, 1.82) is 0 Å². The second kappa shape index (κ2) is 13.0. The molecule has 0 aliphatic rings. The molecule has 0 atom stereocenters. The van der Waals surface area contributed by atoms with E-state index in [4.69, 9.17) is 0 Å². The summed E-state index contributed by atoms with van der Waals surface area (Å²) in [7, 11) is -2.87. The van der Waals surface area contributed by atoms with Crippen LogP contribution in [0.5, 0.6) is 0 Å². The molecule has 0 saturated carbocycles. The van der Waals surface area contributed by atoms with E-state index >= 15 is 0 Å². The van der Waals surface area contributed by atoms with E-state index in [0.29, 0.717) is 0 Å². The fourth-order valence-electron chi connectivity index (χ4n) is 9.80. The number of hydrogen-bond acceptors (Lipinski definition) is 1. The van der Waals surface area contributed by atoms with Crippen molar-refractivity contribution in [3.05, 3.63) is 218 Å². The monoisotopic (exact) mass is 772 g/mol. The zero-order valence-corrected chi connectivity index (χ0v) is 33.4. The molecule has 0 unspecified atom stereocenters. The van der Waals surface area contributed by atoms with E-state index in [1.54, 1.807) is 0 Å². The van der Waals surface area contributed by atoms with Gasteiger partial charge < -0.3 is 9.13 Å². The van der Waals surface area contributed by atoms with Gasteiger partial charge in [-0.1, -0.05) is 170 Å². The van der Waals surface area contributed by atoms with Crippen molar-refractivity contribution >= 4 is 104 Å². The van der Waals surface area contributed by atoms with Crippen molar-refractivity contribution in [2.45, 2.75) is 0 Å². The van der Waals surface area contributed by atoms with Crippen molar-refractivity contribution in [3.63, 3.8) is 0 Å². The lowest BCUT2D eigenvalue weighted by Crippen LogP contribution is -2.74. The lowest BCUT2D eigenvalue weighted by Gasteiger charge is -2.34. The number of nitrogens with zero attached hydrogens (tertiary/aromatic N) is 2. The molecule has 12 aromatic rings. The van der Waals surface area contributed by atoms with Crippen LogP contribution in [-0.4, -0.2) is 17.2 Å². The summed E-state index contributed by atoms with van der Waals surface area (Å²) in [6, 6.07) is 81.4. The molecule has 0 saturated heterocycles.